The van der Waals surface area contributed by atoms with Crippen molar-refractivity contribution in [3.8, 4) is 5.75 Å². The Hall–Kier alpha value is -2.08. The number of amides is 1. The second kappa shape index (κ2) is 5.96. The lowest BCUT2D eigenvalue weighted by Gasteiger charge is -2.23. The van der Waals surface area contributed by atoms with E-state index in [1.54, 1.807) is 7.11 Å². The fourth-order valence-corrected chi connectivity index (χ4v) is 3.38. The van der Waals surface area contributed by atoms with E-state index in [9.17, 15) is 14.7 Å². The molecule has 2 aliphatic rings. The van der Waals surface area contributed by atoms with Gasteiger partial charge >= 0.3 is 5.97 Å². The molecule has 22 heavy (non-hydrogen) atoms. The van der Waals surface area contributed by atoms with Crippen LogP contribution >= 0.6 is 0 Å². The summed E-state index contributed by atoms with van der Waals surface area (Å²) in [6, 6.07) is 7.38. The zero-order valence-corrected chi connectivity index (χ0v) is 12.3. The minimum Gasteiger partial charge on any atom is -0.497 e. The Morgan fingerprint density at radius 2 is 1.86 bits per heavy atom. The van der Waals surface area contributed by atoms with Crippen molar-refractivity contribution >= 4 is 11.9 Å². The van der Waals surface area contributed by atoms with Crippen molar-refractivity contribution in [1.82, 2.24) is 5.32 Å². The highest BCUT2D eigenvalue weighted by Gasteiger charge is 2.55. The van der Waals surface area contributed by atoms with Gasteiger partial charge in [-0.25, -0.2) is 0 Å². The van der Waals surface area contributed by atoms with Gasteiger partial charge in [0.2, 0.25) is 5.91 Å². The first-order valence-corrected chi connectivity index (χ1v) is 7.39. The molecule has 1 aromatic rings. The molecule has 3 rings (SSSR count). The molecule has 6 heteroatoms. The molecule has 2 fully saturated rings. The summed E-state index contributed by atoms with van der Waals surface area (Å²) in [4.78, 5) is 23.7. The van der Waals surface area contributed by atoms with Gasteiger partial charge < -0.3 is 19.9 Å². The van der Waals surface area contributed by atoms with Gasteiger partial charge in [0.05, 0.1) is 31.2 Å². The second-order valence-electron chi connectivity index (χ2n) is 5.75. The first-order chi connectivity index (χ1) is 10.6. The van der Waals surface area contributed by atoms with Crippen LogP contribution in [0.25, 0.3) is 0 Å². The average molecular weight is 305 g/mol. The summed E-state index contributed by atoms with van der Waals surface area (Å²) in [5, 5.41) is 12.1. The van der Waals surface area contributed by atoms with Gasteiger partial charge in [-0.15, -0.1) is 0 Å². The van der Waals surface area contributed by atoms with Gasteiger partial charge in [0.25, 0.3) is 0 Å². The van der Waals surface area contributed by atoms with Gasteiger partial charge in [-0.3, -0.25) is 9.59 Å². The van der Waals surface area contributed by atoms with E-state index >= 15 is 0 Å². The third-order valence-corrected chi connectivity index (χ3v) is 4.49. The molecule has 0 aromatic heterocycles. The number of fused-ring (bicyclic) bond motifs is 2. The highest BCUT2D eigenvalue weighted by atomic mass is 16.5. The smallest absolute Gasteiger partial charge is 0.310 e. The SMILES string of the molecule is COc1ccc(CNC(=O)[C@H]2[C@@H](C(=O)O)[C@@H]3CC[C@@H]2O3)cc1. The lowest BCUT2D eigenvalue weighted by atomic mass is 9.78. The molecule has 0 saturated carbocycles. The molecule has 2 bridgehead atoms. The molecular formula is C16H19NO5. The zero-order chi connectivity index (χ0) is 15.7. The lowest BCUT2D eigenvalue weighted by Crippen LogP contribution is -2.43. The molecule has 6 nitrogen and oxygen atoms in total. The van der Waals surface area contributed by atoms with Crippen LogP contribution in [0.4, 0.5) is 0 Å². The maximum absolute atomic E-state index is 12.4. The van der Waals surface area contributed by atoms with Gasteiger partial charge in [-0.05, 0) is 30.5 Å². The monoisotopic (exact) mass is 305 g/mol. The second-order valence-corrected chi connectivity index (χ2v) is 5.75. The van der Waals surface area contributed by atoms with E-state index in [1.165, 1.54) is 0 Å². The first kappa shape index (κ1) is 14.8. The summed E-state index contributed by atoms with van der Waals surface area (Å²) in [6.07, 6.45) is 0.903. The molecular weight excluding hydrogens is 286 g/mol. The topological polar surface area (TPSA) is 84.9 Å². The summed E-state index contributed by atoms with van der Waals surface area (Å²) < 4.78 is 10.7. The van der Waals surface area contributed by atoms with Crippen molar-refractivity contribution in [3.63, 3.8) is 0 Å². The third-order valence-electron chi connectivity index (χ3n) is 4.49. The summed E-state index contributed by atoms with van der Waals surface area (Å²) in [6.45, 7) is 0.364. The Morgan fingerprint density at radius 1 is 1.23 bits per heavy atom. The Kier molecular flexibility index (Phi) is 4.02. The number of ether oxygens (including phenoxy) is 2. The van der Waals surface area contributed by atoms with E-state index in [4.69, 9.17) is 9.47 Å². The van der Waals surface area contributed by atoms with Crippen molar-refractivity contribution < 1.29 is 24.2 Å². The predicted octanol–water partition coefficient (Wildman–Crippen LogP) is 1.19. The third kappa shape index (κ3) is 2.66. The normalized spacial score (nSPS) is 29.3. The molecule has 0 unspecified atom stereocenters. The number of carbonyl (C=O) groups is 2. The number of hydrogen-bond acceptors (Lipinski definition) is 4. The van der Waals surface area contributed by atoms with Crippen molar-refractivity contribution in [2.24, 2.45) is 11.8 Å². The van der Waals surface area contributed by atoms with Crippen molar-refractivity contribution in [1.29, 1.82) is 0 Å². The van der Waals surface area contributed by atoms with Gasteiger partial charge in [-0.1, -0.05) is 12.1 Å². The molecule has 0 radical (unpaired) electrons. The van der Waals surface area contributed by atoms with Crippen molar-refractivity contribution in [3.05, 3.63) is 29.8 Å². The van der Waals surface area contributed by atoms with Gasteiger partial charge in [0.15, 0.2) is 0 Å². The number of nitrogens with one attached hydrogen (secondary N) is 1. The van der Waals surface area contributed by atoms with Crippen LogP contribution < -0.4 is 10.1 Å². The maximum atomic E-state index is 12.4. The number of carboxylic acids is 1. The summed E-state index contributed by atoms with van der Waals surface area (Å²) in [5.41, 5.74) is 0.935. The molecule has 0 spiro atoms. The molecule has 2 N–H and O–H groups in total. The van der Waals surface area contributed by atoms with Crippen LogP contribution in [0.5, 0.6) is 5.75 Å². The largest absolute Gasteiger partial charge is 0.497 e. The van der Waals surface area contributed by atoms with E-state index < -0.39 is 17.8 Å². The molecule has 1 aromatic carbocycles. The first-order valence-electron chi connectivity index (χ1n) is 7.39. The zero-order valence-electron chi connectivity index (χ0n) is 12.3. The van der Waals surface area contributed by atoms with E-state index in [0.717, 1.165) is 24.2 Å². The minimum atomic E-state index is -0.947. The standard InChI is InChI=1S/C16H19NO5/c1-21-10-4-2-9(3-5-10)8-17-15(18)13-11-6-7-12(22-11)14(13)16(19)20/h2-5,11-14H,6-8H2,1H3,(H,17,18)(H,19,20)/t11-,12-,13+,14-/m0/s1. The van der Waals surface area contributed by atoms with E-state index in [2.05, 4.69) is 5.32 Å². The van der Waals surface area contributed by atoms with Gasteiger partial charge in [-0.2, -0.15) is 0 Å². The van der Waals surface area contributed by atoms with E-state index in [-0.39, 0.29) is 18.1 Å². The number of aliphatic carboxylic acids is 1. The van der Waals surface area contributed by atoms with Crippen molar-refractivity contribution in [2.75, 3.05) is 7.11 Å². The predicted molar refractivity (Wildman–Crippen MR) is 77.4 cm³/mol. The molecule has 1 amide bonds. The number of hydrogen-bond donors (Lipinski definition) is 2. The number of methoxy groups -OCH3 is 1. The molecule has 2 aliphatic heterocycles. The van der Waals surface area contributed by atoms with Gasteiger partial charge in [0.1, 0.15) is 5.75 Å². The summed E-state index contributed by atoms with van der Waals surface area (Å²) in [7, 11) is 1.60. The number of carboxylic acid groups (broad SMARTS) is 1. The quantitative estimate of drug-likeness (QED) is 0.853. The van der Waals surface area contributed by atoms with Crippen molar-refractivity contribution in [2.45, 2.75) is 31.6 Å². The summed E-state index contributed by atoms with van der Waals surface area (Å²) >= 11 is 0. The fraction of sp³-hybridized carbons (Fsp3) is 0.500. The van der Waals surface area contributed by atoms with Crippen LogP contribution in [-0.4, -0.2) is 36.3 Å². The van der Waals surface area contributed by atoms with Crippen LogP contribution in [0, 0.1) is 11.8 Å². The van der Waals surface area contributed by atoms with Crippen LogP contribution in [-0.2, 0) is 20.9 Å². The molecule has 2 heterocycles. The Balaban J connectivity index is 1.62. The summed E-state index contributed by atoms with van der Waals surface area (Å²) in [5.74, 6) is -1.75. The average Bonchev–Trinajstić information content (AvgIpc) is 3.14. The van der Waals surface area contributed by atoms with Crippen LogP contribution in [0.3, 0.4) is 0 Å². The van der Waals surface area contributed by atoms with Crippen LogP contribution in [0.1, 0.15) is 18.4 Å². The Labute approximate surface area is 128 Å². The minimum absolute atomic E-state index is 0.240. The number of carbonyl (C=O) groups excluding carboxylic acids is 1. The van der Waals surface area contributed by atoms with Crippen LogP contribution in [0.2, 0.25) is 0 Å². The molecule has 2 saturated heterocycles. The fourth-order valence-electron chi connectivity index (χ4n) is 3.38. The molecule has 4 atom stereocenters. The Bertz CT molecular complexity index is 570. The van der Waals surface area contributed by atoms with Crippen LogP contribution in [0.15, 0.2) is 24.3 Å². The number of benzene rings is 1. The van der Waals surface area contributed by atoms with E-state index in [1.807, 2.05) is 24.3 Å². The lowest BCUT2D eigenvalue weighted by molar-refractivity contribution is -0.147. The highest BCUT2D eigenvalue weighted by Crippen LogP contribution is 2.43. The number of rotatable bonds is 5. The highest BCUT2D eigenvalue weighted by molar-refractivity contribution is 5.86. The molecule has 118 valence electrons. The maximum Gasteiger partial charge on any atom is 0.310 e. The molecule has 0 aliphatic carbocycles. The Morgan fingerprint density at radius 3 is 2.45 bits per heavy atom. The van der Waals surface area contributed by atoms with Gasteiger partial charge in [0, 0.05) is 6.54 Å². The van der Waals surface area contributed by atoms with E-state index in [0.29, 0.717) is 6.54 Å².